The third-order valence-corrected chi connectivity index (χ3v) is 3.85. The number of alkyl halides is 3. The van der Waals surface area contributed by atoms with Crippen LogP contribution >= 0.6 is 0 Å². The number of nitrogens with zero attached hydrogens (tertiary/aromatic N) is 1. The van der Waals surface area contributed by atoms with E-state index >= 15 is 0 Å². The van der Waals surface area contributed by atoms with E-state index in [1.807, 2.05) is 0 Å². The van der Waals surface area contributed by atoms with Gasteiger partial charge in [-0.3, -0.25) is 4.90 Å². The Morgan fingerprint density at radius 2 is 1.96 bits per heavy atom. The van der Waals surface area contributed by atoms with Crippen LogP contribution in [0.15, 0.2) is 0 Å². The molecule has 0 unspecified atom stereocenters. The molecule has 1 fully saturated rings. The molecule has 1 heterocycles. The normalized spacial score (nSPS) is 22.3. The number of carbonyl (C=O) groups excluding carboxylic acids is 2. The van der Waals surface area contributed by atoms with Gasteiger partial charge < -0.3 is 14.3 Å². The Bertz CT molecular complexity index is 457. The van der Waals surface area contributed by atoms with Crippen molar-refractivity contribution in [2.75, 3.05) is 6.61 Å². The van der Waals surface area contributed by atoms with Gasteiger partial charge in [0.15, 0.2) is 0 Å². The van der Waals surface area contributed by atoms with E-state index in [-0.39, 0.29) is 19.4 Å². The van der Waals surface area contributed by atoms with E-state index in [1.54, 1.807) is 34.6 Å². The van der Waals surface area contributed by atoms with Crippen molar-refractivity contribution in [3.05, 3.63) is 0 Å². The smallest absolute Gasteiger partial charge is 0.412 e. The van der Waals surface area contributed by atoms with Crippen molar-refractivity contribution in [3.63, 3.8) is 0 Å². The highest BCUT2D eigenvalue weighted by Crippen LogP contribution is 2.36. The topological polar surface area (TPSA) is 55.8 Å². The summed E-state index contributed by atoms with van der Waals surface area (Å²) < 4.78 is 48.6. The van der Waals surface area contributed by atoms with Crippen LogP contribution in [0.2, 0.25) is 0 Å². The first-order valence-corrected chi connectivity index (χ1v) is 7.93. The molecule has 0 aromatic heterocycles. The van der Waals surface area contributed by atoms with Crippen LogP contribution in [0.5, 0.6) is 0 Å². The van der Waals surface area contributed by atoms with Crippen LogP contribution < -0.4 is 0 Å². The van der Waals surface area contributed by atoms with E-state index in [0.717, 1.165) is 0 Å². The Morgan fingerprint density at radius 1 is 1.38 bits per heavy atom. The van der Waals surface area contributed by atoms with Crippen LogP contribution in [0, 0.1) is 5.92 Å². The third kappa shape index (κ3) is 5.96. The largest absolute Gasteiger partial charge is 0.444 e. The molecule has 2 atom stereocenters. The van der Waals surface area contributed by atoms with Crippen LogP contribution in [-0.2, 0) is 14.3 Å². The van der Waals surface area contributed by atoms with E-state index in [0.29, 0.717) is 6.29 Å². The van der Waals surface area contributed by atoms with Crippen molar-refractivity contribution in [2.24, 2.45) is 5.92 Å². The lowest BCUT2D eigenvalue weighted by Gasteiger charge is -2.37. The third-order valence-electron chi connectivity index (χ3n) is 3.85. The number of halogens is 3. The predicted molar refractivity (Wildman–Crippen MR) is 81.4 cm³/mol. The average Bonchev–Trinajstić information content (AvgIpc) is 2.67. The van der Waals surface area contributed by atoms with Gasteiger partial charge >= 0.3 is 12.3 Å². The lowest BCUT2D eigenvalue weighted by atomic mass is 9.91. The first kappa shape index (κ1) is 20.7. The molecule has 0 aromatic rings. The van der Waals surface area contributed by atoms with Crippen LogP contribution in [0.3, 0.4) is 0 Å². The van der Waals surface area contributed by atoms with E-state index in [2.05, 4.69) is 0 Å². The summed E-state index contributed by atoms with van der Waals surface area (Å²) in [4.78, 5) is 24.7. The van der Waals surface area contributed by atoms with Gasteiger partial charge in [0.2, 0.25) is 0 Å². The molecule has 0 bridgehead atoms. The summed E-state index contributed by atoms with van der Waals surface area (Å²) in [6.07, 6.45) is -5.71. The summed E-state index contributed by atoms with van der Waals surface area (Å²) >= 11 is 0. The first-order valence-electron chi connectivity index (χ1n) is 7.93. The van der Waals surface area contributed by atoms with Crippen molar-refractivity contribution in [3.8, 4) is 0 Å². The van der Waals surface area contributed by atoms with Gasteiger partial charge in [0, 0.05) is 12.8 Å². The number of amides is 1. The van der Waals surface area contributed by atoms with Gasteiger partial charge in [0.05, 0.1) is 12.6 Å². The van der Waals surface area contributed by atoms with Gasteiger partial charge in [-0.05, 0) is 47.0 Å². The minimum Gasteiger partial charge on any atom is -0.444 e. The minimum atomic E-state index is -4.31. The van der Waals surface area contributed by atoms with E-state index in [9.17, 15) is 22.8 Å². The fourth-order valence-electron chi connectivity index (χ4n) is 2.79. The zero-order valence-corrected chi connectivity index (χ0v) is 14.8. The molecule has 140 valence electrons. The van der Waals surface area contributed by atoms with Gasteiger partial charge in [-0.25, -0.2) is 4.79 Å². The van der Waals surface area contributed by atoms with Gasteiger partial charge in [-0.15, -0.1) is 0 Å². The summed E-state index contributed by atoms with van der Waals surface area (Å²) in [5, 5.41) is 0. The Balaban J connectivity index is 2.98. The summed E-state index contributed by atoms with van der Waals surface area (Å²) in [5.74, 6) is -0.640. The molecule has 0 radical (unpaired) electrons. The standard InChI is InChI=1S/C16H26F3NO4/c1-14(2,3)24-13(22)20-12(10-23-15(20,4)5)11(7-9-21)6-8-16(17,18)19/h9,11-12H,6-8,10H2,1-5H3/t11-,12+/m1/s1. The molecule has 0 aliphatic carbocycles. The number of aldehydes is 1. The van der Waals surface area contributed by atoms with Gasteiger partial charge in [0.1, 0.15) is 17.6 Å². The van der Waals surface area contributed by atoms with Crippen molar-refractivity contribution in [2.45, 2.75) is 77.4 Å². The van der Waals surface area contributed by atoms with Gasteiger partial charge in [-0.1, -0.05) is 0 Å². The second kappa shape index (κ2) is 7.29. The second-order valence-electron chi connectivity index (χ2n) is 7.49. The molecule has 0 N–H and O–H groups in total. The maximum atomic E-state index is 12.5. The zero-order valence-electron chi connectivity index (χ0n) is 14.8. The predicted octanol–water partition coefficient (Wildman–Crippen LogP) is 3.91. The fraction of sp³-hybridized carbons (Fsp3) is 0.875. The van der Waals surface area contributed by atoms with Crippen molar-refractivity contribution in [1.82, 2.24) is 4.90 Å². The molecular weight excluding hydrogens is 327 g/mol. The molecule has 8 heteroatoms. The minimum absolute atomic E-state index is 0.0700. The van der Waals surface area contributed by atoms with E-state index in [4.69, 9.17) is 9.47 Å². The van der Waals surface area contributed by atoms with Crippen LogP contribution in [0.4, 0.5) is 18.0 Å². The summed E-state index contributed by atoms with van der Waals surface area (Å²) in [5.41, 5.74) is -1.75. The van der Waals surface area contributed by atoms with E-state index < -0.39 is 42.0 Å². The Morgan fingerprint density at radius 3 is 2.42 bits per heavy atom. The molecule has 1 aliphatic rings. The molecular formula is C16H26F3NO4. The van der Waals surface area contributed by atoms with E-state index in [1.165, 1.54) is 4.90 Å². The zero-order chi connectivity index (χ0) is 18.8. The van der Waals surface area contributed by atoms with Gasteiger partial charge in [-0.2, -0.15) is 13.2 Å². The maximum absolute atomic E-state index is 12.5. The van der Waals surface area contributed by atoms with Gasteiger partial charge in [0.25, 0.3) is 0 Å². The van der Waals surface area contributed by atoms with Crippen molar-refractivity contribution >= 4 is 12.4 Å². The van der Waals surface area contributed by atoms with Crippen molar-refractivity contribution < 1.29 is 32.2 Å². The quantitative estimate of drug-likeness (QED) is 0.703. The number of rotatable bonds is 5. The highest BCUT2D eigenvalue weighted by atomic mass is 19.4. The molecule has 0 aromatic carbocycles. The molecule has 1 amide bonds. The SMILES string of the molecule is CC(C)(C)OC(=O)N1[C@H]([C@@H](CC=O)CCC(F)(F)F)COC1(C)C. The number of hydrogen-bond acceptors (Lipinski definition) is 4. The lowest BCUT2D eigenvalue weighted by molar-refractivity contribution is -0.139. The molecule has 1 rings (SSSR count). The van der Waals surface area contributed by atoms with Crippen LogP contribution in [0.25, 0.3) is 0 Å². The number of ether oxygens (including phenoxy) is 2. The van der Waals surface area contributed by atoms with Crippen LogP contribution in [0.1, 0.15) is 53.9 Å². The Kier molecular flexibility index (Phi) is 6.30. The summed E-state index contributed by atoms with van der Waals surface area (Å²) in [6.45, 7) is 8.49. The Hall–Kier alpha value is -1.31. The monoisotopic (exact) mass is 353 g/mol. The molecule has 0 spiro atoms. The van der Waals surface area contributed by atoms with Crippen molar-refractivity contribution in [1.29, 1.82) is 0 Å². The first-order chi connectivity index (χ1) is 10.8. The van der Waals surface area contributed by atoms with Crippen LogP contribution in [-0.4, -0.2) is 47.4 Å². The molecule has 0 saturated carbocycles. The maximum Gasteiger partial charge on any atom is 0.412 e. The second-order valence-corrected chi connectivity index (χ2v) is 7.49. The molecule has 1 saturated heterocycles. The number of carbonyl (C=O) groups is 2. The summed E-state index contributed by atoms with van der Waals surface area (Å²) in [7, 11) is 0. The fourth-order valence-corrected chi connectivity index (χ4v) is 2.79. The Labute approximate surface area is 140 Å². The summed E-state index contributed by atoms with van der Waals surface area (Å²) in [6, 6.07) is -0.637. The highest BCUT2D eigenvalue weighted by molar-refractivity contribution is 5.70. The molecule has 5 nitrogen and oxygen atoms in total. The highest BCUT2D eigenvalue weighted by Gasteiger charge is 2.48. The average molecular weight is 353 g/mol. The number of hydrogen-bond donors (Lipinski definition) is 0. The molecule has 24 heavy (non-hydrogen) atoms. The molecule has 1 aliphatic heterocycles. The lowest BCUT2D eigenvalue weighted by Crippen LogP contribution is -2.52.